The van der Waals surface area contributed by atoms with Gasteiger partial charge in [0.05, 0.1) is 12.8 Å². The number of nitrogens with zero attached hydrogens (tertiary/aromatic N) is 2. The molecule has 1 saturated carbocycles. The molecule has 7 nitrogen and oxygen atoms in total. The van der Waals surface area contributed by atoms with Crippen LogP contribution in [0.3, 0.4) is 0 Å². The van der Waals surface area contributed by atoms with Crippen LogP contribution in [0.2, 0.25) is 5.02 Å². The van der Waals surface area contributed by atoms with Crippen molar-refractivity contribution in [3.8, 4) is 5.88 Å². The smallest absolute Gasteiger partial charge is 0.239 e. The highest BCUT2D eigenvalue weighted by atomic mass is 35.5. The Morgan fingerprint density at radius 2 is 2.27 bits per heavy atom. The Bertz CT molecular complexity index is 651. The minimum absolute atomic E-state index is 0.0369. The van der Waals surface area contributed by atoms with Gasteiger partial charge in [-0.05, 0) is 18.9 Å². The largest absolute Gasteiger partial charge is 0.474 e. The van der Waals surface area contributed by atoms with Gasteiger partial charge in [0.2, 0.25) is 15.9 Å². The van der Waals surface area contributed by atoms with Crippen LogP contribution in [0, 0.1) is 0 Å². The van der Waals surface area contributed by atoms with Gasteiger partial charge in [0, 0.05) is 19.1 Å². The van der Waals surface area contributed by atoms with E-state index >= 15 is 0 Å². The number of halogens is 1. The number of primary sulfonamides is 1. The standard InChI is InChI=1S/C13H18ClN3O4S/c14-12-5-11(22(15,18)19)6-16-13(12)21-8-10-7-17(3-4-20-10)9-1-2-9/h5-6,9-10H,1-4,7-8H2,(H2,15,18,19). The van der Waals surface area contributed by atoms with Crippen LogP contribution in [0.15, 0.2) is 17.2 Å². The molecule has 3 rings (SSSR count). The molecule has 0 radical (unpaired) electrons. The molecule has 0 aromatic carbocycles. The molecule has 1 aliphatic heterocycles. The predicted molar refractivity (Wildman–Crippen MR) is 80.5 cm³/mol. The van der Waals surface area contributed by atoms with E-state index in [4.69, 9.17) is 26.2 Å². The predicted octanol–water partition coefficient (Wildman–Crippen LogP) is 0.624. The minimum Gasteiger partial charge on any atom is -0.474 e. The molecule has 122 valence electrons. The monoisotopic (exact) mass is 347 g/mol. The lowest BCUT2D eigenvalue weighted by atomic mass is 10.3. The summed E-state index contributed by atoms with van der Waals surface area (Å²) in [7, 11) is -3.82. The Kier molecular flexibility index (Phi) is 4.56. The molecule has 2 fully saturated rings. The molecule has 1 saturated heterocycles. The van der Waals surface area contributed by atoms with Gasteiger partial charge < -0.3 is 9.47 Å². The lowest BCUT2D eigenvalue weighted by Crippen LogP contribution is -2.45. The van der Waals surface area contributed by atoms with Gasteiger partial charge in [-0.2, -0.15) is 0 Å². The molecular weight excluding hydrogens is 330 g/mol. The third-order valence-corrected chi connectivity index (χ3v) is 4.90. The van der Waals surface area contributed by atoms with Gasteiger partial charge in [-0.25, -0.2) is 18.5 Å². The Morgan fingerprint density at radius 1 is 1.50 bits per heavy atom. The van der Waals surface area contributed by atoms with E-state index in [1.165, 1.54) is 18.9 Å². The SMILES string of the molecule is NS(=O)(=O)c1cnc(OCC2CN(C3CC3)CCO2)c(Cl)c1. The van der Waals surface area contributed by atoms with E-state index in [1.807, 2.05) is 0 Å². The third kappa shape index (κ3) is 3.88. The van der Waals surface area contributed by atoms with Crippen LogP contribution in [-0.4, -0.2) is 56.8 Å². The normalized spacial score (nSPS) is 23.5. The van der Waals surface area contributed by atoms with Crippen LogP contribution >= 0.6 is 11.6 Å². The molecule has 0 amide bonds. The number of hydrogen-bond donors (Lipinski definition) is 1. The molecule has 2 aliphatic rings. The van der Waals surface area contributed by atoms with Gasteiger partial charge >= 0.3 is 0 Å². The molecule has 1 unspecified atom stereocenters. The average Bonchev–Trinajstić information content (AvgIpc) is 3.30. The lowest BCUT2D eigenvalue weighted by molar-refractivity contribution is -0.0510. The van der Waals surface area contributed by atoms with Crippen LogP contribution in [0.5, 0.6) is 5.88 Å². The van der Waals surface area contributed by atoms with Gasteiger partial charge in [0.1, 0.15) is 22.6 Å². The van der Waals surface area contributed by atoms with Gasteiger partial charge in [-0.3, -0.25) is 4.90 Å². The van der Waals surface area contributed by atoms with Crippen LogP contribution < -0.4 is 9.88 Å². The van der Waals surface area contributed by atoms with Gasteiger partial charge in [0.15, 0.2) is 0 Å². The second-order valence-electron chi connectivity index (χ2n) is 5.53. The first-order valence-electron chi connectivity index (χ1n) is 7.10. The van der Waals surface area contributed by atoms with E-state index in [0.717, 1.165) is 19.3 Å². The maximum absolute atomic E-state index is 11.2. The van der Waals surface area contributed by atoms with Crippen LogP contribution in [0.25, 0.3) is 0 Å². The summed E-state index contributed by atoms with van der Waals surface area (Å²) in [4.78, 5) is 6.19. The molecule has 1 aromatic heterocycles. The maximum Gasteiger partial charge on any atom is 0.239 e. The summed E-state index contributed by atoms with van der Waals surface area (Å²) in [6.07, 6.45) is 3.62. The Hall–Kier alpha value is -0.930. The van der Waals surface area contributed by atoms with Crippen molar-refractivity contribution in [3.63, 3.8) is 0 Å². The first-order valence-corrected chi connectivity index (χ1v) is 9.03. The number of aromatic nitrogens is 1. The molecule has 2 N–H and O–H groups in total. The van der Waals surface area contributed by atoms with Crippen molar-refractivity contribution < 1.29 is 17.9 Å². The Morgan fingerprint density at radius 3 is 2.91 bits per heavy atom. The lowest BCUT2D eigenvalue weighted by Gasteiger charge is -2.32. The summed E-state index contributed by atoms with van der Waals surface area (Å²) in [6, 6.07) is 1.93. The fourth-order valence-corrected chi connectivity index (χ4v) is 3.22. The van der Waals surface area contributed by atoms with Crippen LogP contribution in [-0.2, 0) is 14.8 Å². The molecule has 2 heterocycles. The fraction of sp³-hybridized carbons (Fsp3) is 0.615. The van der Waals surface area contributed by atoms with Crippen LogP contribution in [0.1, 0.15) is 12.8 Å². The van der Waals surface area contributed by atoms with E-state index in [1.54, 1.807) is 0 Å². The Balaban J connectivity index is 1.59. The third-order valence-electron chi connectivity index (χ3n) is 3.75. The molecule has 1 atom stereocenters. The highest BCUT2D eigenvalue weighted by Gasteiger charge is 2.33. The molecular formula is C13H18ClN3O4S. The number of pyridine rings is 1. The minimum atomic E-state index is -3.82. The summed E-state index contributed by atoms with van der Waals surface area (Å²) in [6.45, 7) is 2.81. The van der Waals surface area contributed by atoms with E-state index in [2.05, 4.69) is 9.88 Å². The molecule has 22 heavy (non-hydrogen) atoms. The Labute approximate surface area is 134 Å². The number of sulfonamides is 1. The van der Waals surface area contributed by atoms with Crippen molar-refractivity contribution in [2.45, 2.75) is 29.9 Å². The highest BCUT2D eigenvalue weighted by molar-refractivity contribution is 7.89. The summed E-state index contributed by atoms with van der Waals surface area (Å²) < 4.78 is 33.7. The number of nitrogens with two attached hydrogens (primary N) is 1. The van der Waals surface area contributed by atoms with Crippen molar-refractivity contribution >= 4 is 21.6 Å². The summed E-state index contributed by atoms with van der Waals surface area (Å²) in [5.41, 5.74) is 0. The summed E-state index contributed by atoms with van der Waals surface area (Å²) >= 11 is 5.98. The molecule has 1 aliphatic carbocycles. The van der Waals surface area contributed by atoms with Crippen molar-refractivity contribution in [1.82, 2.24) is 9.88 Å². The number of ether oxygens (including phenoxy) is 2. The number of hydrogen-bond acceptors (Lipinski definition) is 6. The van der Waals surface area contributed by atoms with E-state index < -0.39 is 10.0 Å². The number of rotatable bonds is 5. The first-order chi connectivity index (χ1) is 10.4. The quantitative estimate of drug-likeness (QED) is 0.839. The molecule has 0 spiro atoms. The van der Waals surface area contributed by atoms with Gasteiger partial charge in [0.25, 0.3) is 0 Å². The van der Waals surface area contributed by atoms with Crippen LogP contribution in [0.4, 0.5) is 0 Å². The second-order valence-corrected chi connectivity index (χ2v) is 7.50. The molecule has 1 aromatic rings. The van der Waals surface area contributed by atoms with Crippen molar-refractivity contribution in [1.29, 1.82) is 0 Å². The second kappa shape index (κ2) is 6.29. The summed E-state index contributed by atoms with van der Waals surface area (Å²) in [5.74, 6) is 0.182. The molecule has 9 heteroatoms. The first kappa shape index (κ1) is 15.9. The fourth-order valence-electron chi connectivity index (χ4n) is 2.46. The number of morpholine rings is 1. The van der Waals surface area contributed by atoms with Crippen molar-refractivity contribution in [2.75, 3.05) is 26.3 Å². The van der Waals surface area contributed by atoms with E-state index in [-0.39, 0.29) is 21.9 Å². The zero-order valence-electron chi connectivity index (χ0n) is 11.9. The van der Waals surface area contributed by atoms with E-state index in [9.17, 15) is 8.42 Å². The maximum atomic E-state index is 11.2. The van der Waals surface area contributed by atoms with Crippen molar-refractivity contribution in [3.05, 3.63) is 17.3 Å². The van der Waals surface area contributed by atoms with Gasteiger partial charge in [-0.1, -0.05) is 11.6 Å². The van der Waals surface area contributed by atoms with Crippen molar-refractivity contribution in [2.24, 2.45) is 5.14 Å². The van der Waals surface area contributed by atoms with Gasteiger partial charge in [-0.15, -0.1) is 0 Å². The van der Waals surface area contributed by atoms with E-state index in [0.29, 0.717) is 19.3 Å². The average molecular weight is 348 g/mol. The zero-order valence-corrected chi connectivity index (χ0v) is 13.5. The highest BCUT2D eigenvalue weighted by Crippen LogP contribution is 2.29. The topological polar surface area (TPSA) is 94.8 Å². The zero-order chi connectivity index (χ0) is 15.7. The molecule has 0 bridgehead atoms. The summed E-state index contributed by atoms with van der Waals surface area (Å²) in [5, 5.41) is 5.14.